The van der Waals surface area contributed by atoms with Crippen molar-refractivity contribution in [3.05, 3.63) is 0 Å². The number of morpholine rings is 1. The Morgan fingerprint density at radius 3 is 2.88 bits per heavy atom. The standard InChI is InChI=1S/C10H21N3O3/c1-15-8-9(11)2-3-12-10(14)13-4-6-16-7-5-13/h9H,2-8,11H2,1H3,(H,12,14). The van der Waals surface area contributed by atoms with Crippen LogP contribution in [0.5, 0.6) is 0 Å². The van der Waals surface area contributed by atoms with E-state index in [0.29, 0.717) is 39.5 Å². The van der Waals surface area contributed by atoms with Crippen LogP contribution in [0.3, 0.4) is 0 Å². The zero-order chi connectivity index (χ0) is 11.8. The first-order valence-electron chi connectivity index (χ1n) is 5.59. The van der Waals surface area contributed by atoms with E-state index < -0.39 is 0 Å². The fraction of sp³-hybridized carbons (Fsp3) is 0.900. The third-order valence-electron chi connectivity index (χ3n) is 2.47. The Balaban J connectivity index is 2.09. The third kappa shape index (κ3) is 4.78. The number of methoxy groups -OCH3 is 1. The van der Waals surface area contributed by atoms with E-state index in [1.165, 1.54) is 0 Å². The molecular weight excluding hydrogens is 210 g/mol. The summed E-state index contributed by atoms with van der Waals surface area (Å²) in [4.78, 5) is 13.4. The molecule has 1 heterocycles. The van der Waals surface area contributed by atoms with Gasteiger partial charge in [-0.3, -0.25) is 0 Å². The van der Waals surface area contributed by atoms with Crippen LogP contribution in [-0.2, 0) is 9.47 Å². The minimum absolute atomic E-state index is 0.0185. The minimum Gasteiger partial charge on any atom is -0.383 e. The van der Waals surface area contributed by atoms with E-state index in [1.807, 2.05) is 0 Å². The highest BCUT2D eigenvalue weighted by molar-refractivity contribution is 5.74. The van der Waals surface area contributed by atoms with Crippen molar-refractivity contribution in [1.29, 1.82) is 0 Å². The lowest BCUT2D eigenvalue weighted by Gasteiger charge is -2.27. The van der Waals surface area contributed by atoms with Crippen LogP contribution >= 0.6 is 0 Å². The highest BCUT2D eigenvalue weighted by atomic mass is 16.5. The smallest absolute Gasteiger partial charge is 0.317 e. The van der Waals surface area contributed by atoms with Crippen LogP contribution in [0.2, 0.25) is 0 Å². The van der Waals surface area contributed by atoms with Gasteiger partial charge in [-0.1, -0.05) is 0 Å². The quantitative estimate of drug-likeness (QED) is 0.662. The summed E-state index contributed by atoms with van der Waals surface area (Å²) >= 11 is 0. The summed E-state index contributed by atoms with van der Waals surface area (Å²) in [5.41, 5.74) is 5.74. The Morgan fingerprint density at radius 1 is 1.56 bits per heavy atom. The SMILES string of the molecule is COCC(N)CCNC(=O)N1CCOCC1. The predicted molar refractivity (Wildman–Crippen MR) is 60.3 cm³/mol. The molecule has 1 fully saturated rings. The van der Waals surface area contributed by atoms with Gasteiger partial charge in [-0.25, -0.2) is 4.79 Å². The Kier molecular flexibility index (Phi) is 6.14. The number of hydrogen-bond donors (Lipinski definition) is 2. The van der Waals surface area contributed by atoms with E-state index in [0.717, 1.165) is 6.42 Å². The van der Waals surface area contributed by atoms with Crippen molar-refractivity contribution < 1.29 is 14.3 Å². The van der Waals surface area contributed by atoms with Gasteiger partial charge >= 0.3 is 6.03 Å². The van der Waals surface area contributed by atoms with E-state index in [1.54, 1.807) is 12.0 Å². The molecule has 0 aromatic rings. The van der Waals surface area contributed by atoms with Gasteiger partial charge in [-0.15, -0.1) is 0 Å². The number of rotatable bonds is 5. The van der Waals surface area contributed by atoms with Gasteiger partial charge in [0.05, 0.1) is 19.8 Å². The number of carbonyl (C=O) groups is 1. The Bertz CT molecular complexity index is 207. The first-order valence-corrected chi connectivity index (χ1v) is 5.59. The Morgan fingerprint density at radius 2 is 2.25 bits per heavy atom. The van der Waals surface area contributed by atoms with E-state index >= 15 is 0 Å². The Hall–Kier alpha value is -0.850. The van der Waals surface area contributed by atoms with Crippen LogP contribution in [0.4, 0.5) is 4.79 Å². The molecule has 6 heteroatoms. The van der Waals surface area contributed by atoms with Crippen LogP contribution in [0.25, 0.3) is 0 Å². The summed E-state index contributed by atoms with van der Waals surface area (Å²) in [6, 6.07) is -0.0529. The molecule has 0 spiro atoms. The fourth-order valence-corrected chi connectivity index (χ4v) is 1.54. The molecule has 94 valence electrons. The molecule has 0 bridgehead atoms. The van der Waals surface area contributed by atoms with Crippen LogP contribution < -0.4 is 11.1 Å². The first-order chi connectivity index (χ1) is 7.74. The second-order valence-corrected chi connectivity index (χ2v) is 3.84. The second kappa shape index (κ2) is 7.43. The summed E-state index contributed by atoms with van der Waals surface area (Å²) in [7, 11) is 1.62. The molecule has 0 radical (unpaired) electrons. The van der Waals surface area contributed by atoms with Crippen LogP contribution in [0.15, 0.2) is 0 Å². The average molecular weight is 231 g/mol. The highest BCUT2D eigenvalue weighted by Gasteiger charge is 2.16. The van der Waals surface area contributed by atoms with Gasteiger partial charge in [-0.05, 0) is 6.42 Å². The lowest BCUT2D eigenvalue weighted by Crippen LogP contribution is -2.47. The molecule has 1 saturated heterocycles. The molecule has 3 N–H and O–H groups in total. The fourth-order valence-electron chi connectivity index (χ4n) is 1.54. The second-order valence-electron chi connectivity index (χ2n) is 3.84. The normalized spacial score (nSPS) is 18.2. The molecule has 16 heavy (non-hydrogen) atoms. The number of carbonyl (C=O) groups excluding carboxylic acids is 1. The minimum atomic E-state index is -0.0343. The maximum Gasteiger partial charge on any atom is 0.317 e. The number of nitrogens with two attached hydrogens (primary N) is 1. The monoisotopic (exact) mass is 231 g/mol. The van der Waals surface area contributed by atoms with Crippen molar-refractivity contribution in [3.8, 4) is 0 Å². The van der Waals surface area contributed by atoms with Gasteiger partial charge in [0.1, 0.15) is 0 Å². The van der Waals surface area contributed by atoms with Gasteiger partial charge in [0.15, 0.2) is 0 Å². The van der Waals surface area contributed by atoms with E-state index in [-0.39, 0.29) is 12.1 Å². The number of amides is 2. The zero-order valence-corrected chi connectivity index (χ0v) is 9.78. The molecule has 0 aromatic heterocycles. The number of ether oxygens (including phenoxy) is 2. The summed E-state index contributed by atoms with van der Waals surface area (Å²) in [6.45, 7) is 3.67. The number of hydrogen-bond acceptors (Lipinski definition) is 4. The van der Waals surface area contributed by atoms with Crippen LogP contribution in [0.1, 0.15) is 6.42 Å². The van der Waals surface area contributed by atoms with Crippen LogP contribution in [0, 0.1) is 0 Å². The first kappa shape index (κ1) is 13.2. The molecule has 1 aliphatic heterocycles. The molecule has 1 atom stereocenters. The molecule has 1 unspecified atom stereocenters. The van der Waals surface area contributed by atoms with Crippen molar-refractivity contribution in [3.63, 3.8) is 0 Å². The molecule has 2 amide bonds. The molecular formula is C10H21N3O3. The molecule has 0 aromatic carbocycles. The zero-order valence-electron chi connectivity index (χ0n) is 9.78. The van der Waals surface area contributed by atoms with Gasteiger partial charge in [0.25, 0.3) is 0 Å². The molecule has 1 rings (SSSR count). The van der Waals surface area contributed by atoms with E-state index in [9.17, 15) is 4.79 Å². The van der Waals surface area contributed by atoms with Gasteiger partial charge in [-0.2, -0.15) is 0 Å². The largest absolute Gasteiger partial charge is 0.383 e. The summed E-state index contributed by atoms with van der Waals surface area (Å²) in [5, 5.41) is 2.84. The topological polar surface area (TPSA) is 76.8 Å². The van der Waals surface area contributed by atoms with Gasteiger partial charge < -0.3 is 25.4 Å². The van der Waals surface area contributed by atoms with Gasteiger partial charge in [0.2, 0.25) is 0 Å². The van der Waals surface area contributed by atoms with Crippen LogP contribution in [-0.4, -0.2) is 63.5 Å². The highest BCUT2D eigenvalue weighted by Crippen LogP contribution is 1.97. The van der Waals surface area contributed by atoms with Crippen molar-refractivity contribution in [2.45, 2.75) is 12.5 Å². The lowest BCUT2D eigenvalue weighted by atomic mass is 10.2. The van der Waals surface area contributed by atoms with Crippen molar-refractivity contribution in [1.82, 2.24) is 10.2 Å². The summed E-state index contributed by atoms with van der Waals surface area (Å²) in [6.07, 6.45) is 0.726. The number of nitrogens with zero attached hydrogens (tertiary/aromatic N) is 1. The number of urea groups is 1. The maximum absolute atomic E-state index is 11.6. The lowest BCUT2D eigenvalue weighted by molar-refractivity contribution is 0.0531. The predicted octanol–water partition coefficient (Wildman–Crippen LogP) is -0.608. The summed E-state index contributed by atoms with van der Waals surface area (Å²) < 4.78 is 10.1. The van der Waals surface area contributed by atoms with E-state index in [2.05, 4.69) is 5.32 Å². The van der Waals surface area contributed by atoms with E-state index in [4.69, 9.17) is 15.2 Å². The summed E-state index contributed by atoms with van der Waals surface area (Å²) in [5.74, 6) is 0. The van der Waals surface area contributed by atoms with Gasteiger partial charge in [0, 0.05) is 32.8 Å². The van der Waals surface area contributed by atoms with Crippen molar-refractivity contribution in [2.24, 2.45) is 5.73 Å². The molecule has 0 saturated carbocycles. The molecule has 1 aliphatic rings. The Labute approximate surface area is 96.1 Å². The molecule has 6 nitrogen and oxygen atoms in total. The molecule has 0 aliphatic carbocycles. The van der Waals surface area contributed by atoms with Crippen molar-refractivity contribution in [2.75, 3.05) is 46.6 Å². The third-order valence-corrected chi connectivity index (χ3v) is 2.47. The maximum atomic E-state index is 11.6. The average Bonchev–Trinajstić information content (AvgIpc) is 2.30. The number of nitrogens with one attached hydrogen (secondary N) is 1. The van der Waals surface area contributed by atoms with Crippen molar-refractivity contribution >= 4 is 6.03 Å².